The highest BCUT2D eigenvalue weighted by Crippen LogP contribution is 2.11. The summed E-state index contributed by atoms with van der Waals surface area (Å²) in [6.07, 6.45) is 11.1. The topological polar surface area (TPSA) is 39.2 Å². The van der Waals surface area contributed by atoms with Crippen molar-refractivity contribution in [3.8, 4) is 0 Å². The summed E-state index contributed by atoms with van der Waals surface area (Å²) in [5, 5.41) is 0. The molecule has 0 spiro atoms. The molecule has 0 saturated carbocycles. The van der Waals surface area contributed by atoms with Crippen molar-refractivity contribution in [1.82, 2.24) is 4.98 Å². The Morgan fingerprint density at radius 1 is 1.19 bits per heavy atom. The normalized spacial score (nSPS) is 10.5. The van der Waals surface area contributed by atoms with Gasteiger partial charge in [-0.2, -0.15) is 11.8 Å². The van der Waals surface area contributed by atoms with E-state index in [1.165, 1.54) is 37.2 Å². The molecule has 0 aliphatic carbocycles. The van der Waals surface area contributed by atoms with E-state index in [2.05, 4.69) is 11.9 Å². The number of rotatable bonds is 12. The van der Waals surface area contributed by atoms with Crippen molar-refractivity contribution in [1.29, 1.82) is 0 Å². The number of esters is 1. The third-order valence-corrected chi connectivity index (χ3v) is 4.41. The van der Waals surface area contributed by atoms with Crippen LogP contribution in [-0.2, 0) is 16.1 Å². The second-order valence-corrected chi connectivity index (χ2v) is 6.38. The van der Waals surface area contributed by atoms with Crippen LogP contribution in [0.3, 0.4) is 0 Å². The molecule has 0 aliphatic rings. The number of pyridine rings is 1. The van der Waals surface area contributed by atoms with E-state index < -0.39 is 0 Å². The molecule has 0 aromatic carbocycles. The van der Waals surface area contributed by atoms with E-state index in [1.807, 2.05) is 23.9 Å². The maximum Gasteiger partial charge on any atom is 0.306 e. The van der Waals surface area contributed by atoms with Crippen LogP contribution in [0.15, 0.2) is 24.5 Å². The van der Waals surface area contributed by atoms with Gasteiger partial charge in [-0.3, -0.25) is 9.78 Å². The van der Waals surface area contributed by atoms with E-state index >= 15 is 0 Å². The number of hydrogen-bond donors (Lipinski definition) is 0. The van der Waals surface area contributed by atoms with Gasteiger partial charge in [0.25, 0.3) is 0 Å². The van der Waals surface area contributed by atoms with Crippen molar-refractivity contribution in [2.24, 2.45) is 0 Å². The highest BCUT2D eigenvalue weighted by molar-refractivity contribution is 7.99. The van der Waals surface area contributed by atoms with Crippen LogP contribution in [0.25, 0.3) is 0 Å². The lowest BCUT2D eigenvalue weighted by atomic mass is 10.1. The van der Waals surface area contributed by atoms with Crippen LogP contribution in [0.5, 0.6) is 0 Å². The van der Waals surface area contributed by atoms with Gasteiger partial charge in [-0.25, -0.2) is 0 Å². The lowest BCUT2D eigenvalue weighted by molar-refractivity contribution is -0.145. The molecule has 0 atom stereocenters. The van der Waals surface area contributed by atoms with E-state index in [-0.39, 0.29) is 5.97 Å². The Bertz CT molecular complexity index is 370. The minimum atomic E-state index is -0.0997. The van der Waals surface area contributed by atoms with Crippen molar-refractivity contribution in [2.45, 2.75) is 58.5 Å². The second kappa shape index (κ2) is 12.7. The fourth-order valence-electron chi connectivity index (χ4n) is 1.97. The zero-order valence-corrected chi connectivity index (χ0v) is 13.9. The molecule has 4 heteroatoms. The summed E-state index contributed by atoms with van der Waals surface area (Å²) in [6, 6.07) is 3.76. The third kappa shape index (κ3) is 10.4. The van der Waals surface area contributed by atoms with E-state index in [4.69, 9.17) is 4.74 Å². The lowest BCUT2D eigenvalue weighted by Crippen LogP contribution is -2.04. The Morgan fingerprint density at radius 2 is 2.00 bits per heavy atom. The molecule has 0 saturated heterocycles. The Balaban J connectivity index is 1.89. The van der Waals surface area contributed by atoms with Gasteiger partial charge < -0.3 is 4.74 Å². The first kappa shape index (κ1) is 18.0. The number of nitrogens with zero attached hydrogens (tertiary/aromatic N) is 1. The first-order valence-corrected chi connectivity index (χ1v) is 9.10. The molecular formula is C17H27NO2S. The van der Waals surface area contributed by atoms with Crippen LogP contribution in [-0.4, -0.2) is 22.5 Å². The summed E-state index contributed by atoms with van der Waals surface area (Å²) in [4.78, 5) is 15.6. The van der Waals surface area contributed by atoms with Crippen LogP contribution in [0, 0.1) is 0 Å². The summed E-state index contributed by atoms with van der Waals surface area (Å²) in [5.41, 5.74) is 0.940. The number of aromatic nitrogens is 1. The molecule has 0 amide bonds. The Morgan fingerprint density at radius 3 is 2.76 bits per heavy atom. The molecule has 118 valence electrons. The van der Waals surface area contributed by atoms with E-state index in [0.29, 0.717) is 13.0 Å². The van der Waals surface area contributed by atoms with Crippen LogP contribution in [0.4, 0.5) is 0 Å². The SMILES string of the molecule is CCCSCCCCCCCC(=O)OCc1cccnc1. The van der Waals surface area contributed by atoms with Gasteiger partial charge in [-0.05, 0) is 36.8 Å². The standard InChI is InChI=1S/C17H27NO2S/c1-2-12-21-13-7-5-3-4-6-10-17(19)20-15-16-9-8-11-18-14-16/h8-9,11,14H,2-7,10,12-13,15H2,1H3. The van der Waals surface area contributed by atoms with Gasteiger partial charge in [0.1, 0.15) is 6.61 Å². The highest BCUT2D eigenvalue weighted by Gasteiger charge is 2.03. The molecule has 1 rings (SSSR count). The van der Waals surface area contributed by atoms with E-state index in [9.17, 15) is 4.79 Å². The van der Waals surface area contributed by atoms with Crippen molar-refractivity contribution in [2.75, 3.05) is 11.5 Å². The quantitative estimate of drug-likeness (QED) is 0.417. The molecule has 0 aliphatic heterocycles. The van der Waals surface area contributed by atoms with Gasteiger partial charge in [-0.15, -0.1) is 0 Å². The molecular weight excluding hydrogens is 282 g/mol. The van der Waals surface area contributed by atoms with Crippen molar-refractivity contribution in [3.05, 3.63) is 30.1 Å². The molecule has 0 fully saturated rings. The summed E-state index contributed by atoms with van der Waals surface area (Å²) < 4.78 is 5.22. The highest BCUT2D eigenvalue weighted by atomic mass is 32.2. The Hall–Kier alpha value is -1.03. The number of unbranched alkanes of at least 4 members (excludes halogenated alkanes) is 4. The lowest BCUT2D eigenvalue weighted by Gasteiger charge is -2.05. The van der Waals surface area contributed by atoms with Gasteiger partial charge in [0, 0.05) is 24.4 Å². The van der Waals surface area contributed by atoms with Gasteiger partial charge in [0.2, 0.25) is 0 Å². The molecule has 0 unspecified atom stereocenters. The summed E-state index contributed by atoms with van der Waals surface area (Å²) in [6.45, 7) is 2.56. The molecule has 21 heavy (non-hydrogen) atoms. The van der Waals surface area contributed by atoms with Crippen LogP contribution in [0.2, 0.25) is 0 Å². The minimum absolute atomic E-state index is 0.0997. The molecule has 0 bridgehead atoms. The number of hydrogen-bond acceptors (Lipinski definition) is 4. The zero-order valence-electron chi connectivity index (χ0n) is 13.1. The first-order chi connectivity index (χ1) is 10.3. The Labute approximate surface area is 132 Å². The van der Waals surface area contributed by atoms with Gasteiger partial charge >= 0.3 is 5.97 Å². The maximum absolute atomic E-state index is 11.6. The van der Waals surface area contributed by atoms with Gasteiger partial charge in [0.05, 0.1) is 0 Å². The predicted molar refractivity (Wildman–Crippen MR) is 89.4 cm³/mol. The number of carbonyl (C=O) groups is 1. The molecule has 3 nitrogen and oxygen atoms in total. The summed E-state index contributed by atoms with van der Waals surface area (Å²) >= 11 is 2.05. The number of carbonyl (C=O) groups excluding carboxylic acids is 1. The minimum Gasteiger partial charge on any atom is -0.461 e. The zero-order chi connectivity index (χ0) is 15.2. The fraction of sp³-hybridized carbons (Fsp3) is 0.647. The smallest absolute Gasteiger partial charge is 0.306 e. The largest absolute Gasteiger partial charge is 0.461 e. The average molecular weight is 309 g/mol. The number of ether oxygens (including phenoxy) is 1. The van der Waals surface area contributed by atoms with Gasteiger partial charge in [-0.1, -0.05) is 32.3 Å². The maximum atomic E-state index is 11.6. The molecule has 1 heterocycles. The van der Waals surface area contributed by atoms with Crippen molar-refractivity contribution in [3.63, 3.8) is 0 Å². The first-order valence-electron chi connectivity index (χ1n) is 7.95. The Kier molecular flexibility index (Phi) is 10.9. The number of thioether (sulfide) groups is 1. The van der Waals surface area contributed by atoms with E-state index in [1.54, 1.807) is 12.4 Å². The summed E-state index contributed by atoms with van der Waals surface area (Å²) in [5.74, 6) is 2.46. The molecule has 0 radical (unpaired) electrons. The molecule has 1 aromatic heterocycles. The second-order valence-electron chi connectivity index (χ2n) is 5.15. The molecule has 0 N–H and O–H groups in total. The van der Waals surface area contributed by atoms with Crippen molar-refractivity contribution >= 4 is 17.7 Å². The van der Waals surface area contributed by atoms with E-state index in [0.717, 1.165) is 18.4 Å². The predicted octanol–water partition coefficient (Wildman–Crippen LogP) is 4.61. The fourth-order valence-corrected chi connectivity index (χ4v) is 2.87. The average Bonchev–Trinajstić information content (AvgIpc) is 2.52. The van der Waals surface area contributed by atoms with Crippen LogP contribution in [0.1, 0.15) is 57.4 Å². The van der Waals surface area contributed by atoms with Gasteiger partial charge in [0.15, 0.2) is 0 Å². The summed E-state index contributed by atoms with van der Waals surface area (Å²) in [7, 11) is 0. The van der Waals surface area contributed by atoms with Crippen LogP contribution >= 0.6 is 11.8 Å². The van der Waals surface area contributed by atoms with Crippen molar-refractivity contribution < 1.29 is 9.53 Å². The molecule has 1 aromatic rings. The van der Waals surface area contributed by atoms with Crippen LogP contribution < -0.4 is 0 Å². The monoisotopic (exact) mass is 309 g/mol. The third-order valence-electron chi connectivity index (χ3n) is 3.14.